The van der Waals surface area contributed by atoms with Crippen molar-refractivity contribution in [3.8, 4) is 0 Å². The van der Waals surface area contributed by atoms with E-state index in [1.54, 1.807) is 0 Å². The molecule has 0 aliphatic carbocycles. The van der Waals surface area contributed by atoms with Crippen LogP contribution in [0.4, 0.5) is 0 Å². The molecule has 0 amide bonds. The largest absolute Gasteiger partial charge is 2.00 e. The number of nitrogens with zero attached hydrogens (tertiary/aromatic N) is 1. The Balaban J connectivity index is 0.000000253. The molecule has 22 heavy (non-hydrogen) atoms. The molecule has 0 saturated carbocycles. The zero-order chi connectivity index (χ0) is 14.3. The van der Waals surface area contributed by atoms with Gasteiger partial charge < -0.3 is 4.74 Å². The average Bonchev–Trinajstić information content (AvgIpc) is 3.30. The summed E-state index contributed by atoms with van der Waals surface area (Å²) in [7, 11) is 0. The van der Waals surface area contributed by atoms with Crippen LogP contribution in [0.25, 0.3) is 0 Å². The van der Waals surface area contributed by atoms with E-state index in [1.807, 2.05) is 72.8 Å². The van der Waals surface area contributed by atoms with Crippen molar-refractivity contribution >= 4 is 5.90 Å². The number of hydrogen-bond acceptors (Lipinski definition) is 2. The molecule has 0 aromatic heterocycles. The number of hydrogen-bond donors (Lipinski definition) is 0. The molecule has 1 aliphatic heterocycles. The number of ether oxygens (including phenoxy) is 1. The van der Waals surface area contributed by atoms with Gasteiger partial charge in [0.05, 0.1) is 0 Å². The smallest absolute Gasteiger partial charge is 0.485 e. The SMILES string of the molecule is [Fe+2].c1cc[cH-]c1.c1ccc([C@@H]2COC([c-]3cccc3)=N2)cc1. The van der Waals surface area contributed by atoms with Crippen LogP contribution in [-0.4, -0.2) is 12.5 Å². The van der Waals surface area contributed by atoms with Gasteiger partial charge in [0.1, 0.15) is 12.6 Å². The molecule has 1 heterocycles. The standard InChI is InChI=1S/C14H12NO.C5H5.Fe/c1-2-6-11(7-3-1)13-10-16-14(15-13)12-8-4-5-9-12;1-2-4-5-3-1;/h1-9,13H,10H2;1-5H;/q2*-1;+2/t13-;;/m0../s1. The summed E-state index contributed by atoms with van der Waals surface area (Å²) in [5.74, 6) is 0.763. The summed E-state index contributed by atoms with van der Waals surface area (Å²) in [5, 5.41) is 0. The first kappa shape index (κ1) is 16.3. The van der Waals surface area contributed by atoms with Gasteiger partial charge in [-0.3, -0.25) is 4.99 Å². The number of aliphatic imine (C=N–C) groups is 1. The van der Waals surface area contributed by atoms with E-state index >= 15 is 0 Å². The van der Waals surface area contributed by atoms with Crippen LogP contribution in [0.3, 0.4) is 0 Å². The fourth-order valence-corrected chi connectivity index (χ4v) is 2.22. The van der Waals surface area contributed by atoms with Gasteiger partial charge in [-0.1, -0.05) is 35.9 Å². The Bertz CT molecular complexity index is 640. The van der Waals surface area contributed by atoms with Gasteiger partial charge in [0.15, 0.2) is 5.90 Å². The topological polar surface area (TPSA) is 21.6 Å². The average molecular weight is 331 g/mol. The molecule has 0 saturated heterocycles. The molecule has 2 nitrogen and oxygen atoms in total. The number of rotatable bonds is 2. The van der Waals surface area contributed by atoms with Crippen LogP contribution in [0.15, 0.2) is 89.9 Å². The van der Waals surface area contributed by atoms with Crippen LogP contribution in [0.1, 0.15) is 17.2 Å². The minimum absolute atomic E-state index is 0. The van der Waals surface area contributed by atoms with E-state index in [9.17, 15) is 0 Å². The van der Waals surface area contributed by atoms with E-state index in [-0.39, 0.29) is 23.1 Å². The summed E-state index contributed by atoms with van der Waals surface area (Å²) >= 11 is 0. The maximum absolute atomic E-state index is 5.61. The number of benzene rings is 1. The predicted molar refractivity (Wildman–Crippen MR) is 85.7 cm³/mol. The Morgan fingerprint density at radius 1 is 0.955 bits per heavy atom. The second-order valence-electron chi connectivity index (χ2n) is 4.81. The zero-order valence-corrected chi connectivity index (χ0v) is 13.2. The molecular weight excluding hydrogens is 314 g/mol. The summed E-state index contributed by atoms with van der Waals surface area (Å²) in [5.41, 5.74) is 2.28. The first-order valence-corrected chi connectivity index (χ1v) is 7.08. The van der Waals surface area contributed by atoms with E-state index in [4.69, 9.17) is 4.74 Å². The summed E-state index contributed by atoms with van der Waals surface area (Å²) in [6.07, 6.45) is 0. The molecule has 0 fully saturated rings. The van der Waals surface area contributed by atoms with Crippen molar-refractivity contribution < 1.29 is 21.8 Å². The fourth-order valence-electron chi connectivity index (χ4n) is 2.22. The zero-order valence-electron chi connectivity index (χ0n) is 12.1. The Morgan fingerprint density at radius 3 is 2.23 bits per heavy atom. The quantitative estimate of drug-likeness (QED) is 0.506. The van der Waals surface area contributed by atoms with Gasteiger partial charge in [-0.25, -0.2) is 24.3 Å². The van der Waals surface area contributed by atoms with Crippen LogP contribution < -0.4 is 0 Å². The molecule has 0 bridgehead atoms. The van der Waals surface area contributed by atoms with Crippen molar-refractivity contribution in [1.82, 2.24) is 0 Å². The molecule has 0 spiro atoms. The third-order valence-electron chi connectivity index (χ3n) is 3.30. The first-order valence-electron chi connectivity index (χ1n) is 7.08. The van der Waals surface area contributed by atoms with E-state index in [0.29, 0.717) is 6.61 Å². The van der Waals surface area contributed by atoms with Gasteiger partial charge in [-0.2, -0.15) is 30.3 Å². The van der Waals surface area contributed by atoms with Crippen LogP contribution in [0, 0.1) is 0 Å². The van der Waals surface area contributed by atoms with E-state index in [0.717, 1.165) is 11.5 Å². The second-order valence-corrected chi connectivity index (χ2v) is 4.81. The van der Waals surface area contributed by atoms with Gasteiger partial charge in [0.25, 0.3) is 0 Å². The summed E-state index contributed by atoms with van der Waals surface area (Å²) in [6.45, 7) is 0.643. The Morgan fingerprint density at radius 2 is 1.64 bits per heavy atom. The molecule has 3 aromatic carbocycles. The maximum Gasteiger partial charge on any atom is 2.00 e. The van der Waals surface area contributed by atoms with Crippen LogP contribution in [0.5, 0.6) is 0 Å². The minimum Gasteiger partial charge on any atom is -0.485 e. The minimum atomic E-state index is 0. The van der Waals surface area contributed by atoms with E-state index < -0.39 is 0 Å². The van der Waals surface area contributed by atoms with Crippen molar-refractivity contribution in [2.75, 3.05) is 6.61 Å². The van der Waals surface area contributed by atoms with Gasteiger partial charge in [-0.05, 0) is 5.56 Å². The molecule has 0 N–H and O–H groups in total. The normalized spacial score (nSPS) is 15.8. The monoisotopic (exact) mass is 331 g/mol. The molecule has 3 heteroatoms. The van der Waals surface area contributed by atoms with Crippen LogP contribution >= 0.6 is 0 Å². The van der Waals surface area contributed by atoms with E-state index in [1.165, 1.54) is 5.56 Å². The van der Waals surface area contributed by atoms with Crippen LogP contribution in [0.2, 0.25) is 0 Å². The molecule has 112 valence electrons. The van der Waals surface area contributed by atoms with Gasteiger partial charge in [0, 0.05) is 0 Å². The molecule has 0 unspecified atom stereocenters. The Labute approximate surface area is 141 Å². The molecular formula is C19H17FeNO. The van der Waals surface area contributed by atoms with Crippen molar-refractivity contribution in [3.63, 3.8) is 0 Å². The van der Waals surface area contributed by atoms with Crippen molar-refractivity contribution in [3.05, 3.63) is 96.1 Å². The predicted octanol–water partition coefficient (Wildman–Crippen LogP) is 4.33. The Kier molecular flexibility index (Phi) is 6.20. The van der Waals surface area contributed by atoms with E-state index in [2.05, 4.69) is 17.1 Å². The fraction of sp³-hybridized carbons (Fsp3) is 0.105. The third kappa shape index (κ3) is 4.20. The molecule has 0 radical (unpaired) electrons. The van der Waals surface area contributed by atoms with Gasteiger partial charge in [0.2, 0.25) is 0 Å². The summed E-state index contributed by atoms with van der Waals surface area (Å²) in [6, 6.07) is 28.4. The first-order chi connectivity index (χ1) is 10.4. The molecule has 1 atom stereocenters. The second kappa shape index (κ2) is 8.38. The summed E-state index contributed by atoms with van der Waals surface area (Å²) in [4.78, 5) is 4.60. The molecule has 4 rings (SSSR count). The maximum atomic E-state index is 5.61. The van der Waals surface area contributed by atoms with Crippen molar-refractivity contribution in [2.45, 2.75) is 6.04 Å². The van der Waals surface area contributed by atoms with Crippen LogP contribution in [-0.2, 0) is 21.8 Å². The van der Waals surface area contributed by atoms with Gasteiger partial charge >= 0.3 is 17.1 Å². The third-order valence-corrected chi connectivity index (χ3v) is 3.30. The van der Waals surface area contributed by atoms with Gasteiger partial charge in [-0.15, -0.1) is 0 Å². The Hall–Kier alpha value is -2.09. The summed E-state index contributed by atoms with van der Waals surface area (Å²) < 4.78 is 5.61. The molecule has 3 aromatic rings. The van der Waals surface area contributed by atoms with Crippen molar-refractivity contribution in [2.24, 2.45) is 4.99 Å². The molecule has 1 aliphatic rings. The van der Waals surface area contributed by atoms with Crippen molar-refractivity contribution in [1.29, 1.82) is 0 Å².